The van der Waals surface area contributed by atoms with Crippen molar-refractivity contribution in [1.82, 2.24) is 4.90 Å². The molecule has 1 heterocycles. The van der Waals surface area contributed by atoms with Crippen LogP contribution in [0.5, 0.6) is 5.75 Å². The topological polar surface area (TPSA) is 53.7 Å². The Balaban J connectivity index is 3.06. The molecule has 1 aromatic rings. The summed E-state index contributed by atoms with van der Waals surface area (Å²) in [7, 11) is 3.53. The van der Waals surface area contributed by atoms with Crippen molar-refractivity contribution in [1.29, 1.82) is 0 Å². The van der Waals surface area contributed by atoms with E-state index in [1.165, 1.54) is 6.07 Å². The van der Waals surface area contributed by atoms with Gasteiger partial charge in [-0.3, -0.25) is 0 Å². The number of nitrogens with zero attached hydrogens (tertiary/aromatic N) is 1. The van der Waals surface area contributed by atoms with Crippen molar-refractivity contribution in [3.8, 4) is 5.75 Å². The number of thiocarbonyl (C=S) groups is 1. The molecule has 0 fully saturated rings. The first-order valence-electron chi connectivity index (χ1n) is 4.14. The van der Waals surface area contributed by atoms with Crippen LogP contribution in [0.2, 0.25) is 0 Å². The van der Waals surface area contributed by atoms with E-state index in [1.807, 2.05) is 0 Å². The van der Waals surface area contributed by atoms with Crippen molar-refractivity contribution in [2.24, 2.45) is 0 Å². The Bertz CT molecular complexity index is 439. The number of rotatable bonds is 1. The minimum atomic E-state index is -0.568. The maximum atomic E-state index is 11.4. The van der Waals surface area contributed by atoms with Gasteiger partial charge in [0, 0.05) is 20.2 Å². The fraction of sp³-hybridized carbons (Fsp3) is 0.333. The Morgan fingerprint density at radius 2 is 2.20 bits per heavy atom. The van der Waals surface area contributed by atoms with Crippen molar-refractivity contribution in [3.63, 3.8) is 0 Å². The second-order valence-electron chi connectivity index (χ2n) is 3.12. The summed E-state index contributed by atoms with van der Waals surface area (Å²) in [6.45, 7) is 1.60. The van der Waals surface area contributed by atoms with Crippen molar-refractivity contribution in [3.05, 3.63) is 22.2 Å². The molecular formula is C9H11NO3S2. The fourth-order valence-corrected chi connectivity index (χ4v) is 1.75. The van der Waals surface area contributed by atoms with Gasteiger partial charge >= 0.3 is 5.63 Å². The van der Waals surface area contributed by atoms with E-state index in [0.717, 1.165) is 11.8 Å². The summed E-state index contributed by atoms with van der Waals surface area (Å²) in [4.78, 5) is 13.2. The third-order valence-electron chi connectivity index (χ3n) is 1.57. The van der Waals surface area contributed by atoms with Crippen LogP contribution in [0.15, 0.2) is 20.2 Å². The van der Waals surface area contributed by atoms with Gasteiger partial charge in [0.25, 0.3) is 0 Å². The minimum absolute atomic E-state index is 0.0991. The van der Waals surface area contributed by atoms with Gasteiger partial charge in [-0.1, -0.05) is 12.2 Å². The Hall–Kier alpha value is -1.01. The fourth-order valence-electron chi connectivity index (χ4n) is 0.857. The molecule has 1 aromatic heterocycles. The van der Waals surface area contributed by atoms with Crippen LogP contribution in [-0.4, -0.2) is 28.4 Å². The molecular weight excluding hydrogens is 234 g/mol. The highest BCUT2D eigenvalue weighted by atomic mass is 32.2. The lowest BCUT2D eigenvalue weighted by Crippen LogP contribution is -2.17. The Kier molecular flexibility index (Phi) is 3.76. The maximum Gasteiger partial charge on any atom is 0.353 e. The van der Waals surface area contributed by atoms with Crippen LogP contribution in [0.4, 0.5) is 0 Å². The van der Waals surface area contributed by atoms with Crippen LogP contribution < -0.4 is 5.63 Å². The predicted octanol–water partition coefficient (Wildman–Crippen LogP) is 1.59. The molecule has 4 nitrogen and oxygen atoms in total. The van der Waals surface area contributed by atoms with Crippen molar-refractivity contribution in [2.45, 2.75) is 11.8 Å². The van der Waals surface area contributed by atoms with Crippen molar-refractivity contribution < 1.29 is 9.52 Å². The van der Waals surface area contributed by atoms with E-state index in [1.54, 1.807) is 25.9 Å². The molecule has 0 radical (unpaired) electrons. The highest BCUT2D eigenvalue weighted by Gasteiger charge is 2.13. The standard InChI is InChI=1S/C9H11NO3S2/c1-5-4-6(11)7(8(12)13-5)15-9(14)10(2)3/h4,11H,1-3H3. The lowest BCUT2D eigenvalue weighted by molar-refractivity contribution is 0.412. The SMILES string of the molecule is Cc1cc(O)c(SC(=S)N(C)C)c(=O)o1. The van der Waals surface area contributed by atoms with Gasteiger partial charge in [-0.2, -0.15) is 0 Å². The average molecular weight is 245 g/mol. The zero-order chi connectivity index (χ0) is 11.6. The third-order valence-corrected chi connectivity index (χ3v) is 3.30. The second-order valence-corrected chi connectivity index (χ2v) is 4.77. The number of hydrogen-bond donors (Lipinski definition) is 1. The molecule has 0 bridgehead atoms. The molecule has 1 N–H and O–H groups in total. The van der Waals surface area contributed by atoms with Crippen molar-refractivity contribution in [2.75, 3.05) is 14.1 Å². The molecule has 0 saturated carbocycles. The first-order valence-corrected chi connectivity index (χ1v) is 5.37. The number of hydrogen-bond acceptors (Lipinski definition) is 5. The van der Waals surface area contributed by atoms with Crippen LogP contribution in [0.25, 0.3) is 0 Å². The highest BCUT2D eigenvalue weighted by Crippen LogP contribution is 2.27. The zero-order valence-electron chi connectivity index (χ0n) is 8.60. The Morgan fingerprint density at radius 1 is 1.60 bits per heavy atom. The molecule has 1 rings (SSSR count). The molecule has 0 aromatic carbocycles. The summed E-state index contributed by atoms with van der Waals surface area (Å²) >= 11 is 6.02. The van der Waals surface area contributed by atoms with Gasteiger partial charge in [-0.15, -0.1) is 0 Å². The summed E-state index contributed by atoms with van der Waals surface area (Å²) in [6.07, 6.45) is 0. The van der Waals surface area contributed by atoms with Crippen LogP contribution in [0.3, 0.4) is 0 Å². The summed E-state index contributed by atoms with van der Waals surface area (Å²) in [5.41, 5.74) is -0.568. The van der Waals surface area contributed by atoms with Gasteiger partial charge in [0.05, 0.1) is 0 Å². The molecule has 82 valence electrons. The average Bonchev–Trinajstić information content (AvgIpc) is 2.10. The van der Waals surface area contributed by atoms with Crippen LogP contribution in [0.1, 0.15) is 5.76 Å². The third kappa shape index (κ3) is 2.97. The zero-order valence-corrected chi connectivity index (χ0v) is 10.2. The molecule has 0 amide bonds. The van der Waals surface area contributed by atoms with E-state index in [-0.39, 0.29) is 10.6 Å². The van der Waals surface area contributed by atoms with E-state index < -0.39 is 5.63 Å². The number of aryl methyl sites for hydroxylation is 1. The smallest absolute Gasteiger partial charge is 0.353 e. The largest absolute Gasteiger partial charge is 0.506 e. The molecule has 15 heavy (non-hydrogen) atoms. The molecule has 0 unspecified atom stereocenters. The first-order chi connectivity index (χ1) is 6.91. The molecule has 0 saturated heterocycles. The van der Waals surface area contributed by atoms with Crippen LogP contribution >= 0.6 is 24.0 Å². The molecule has 6 heteroatoms. The summed E-state index contributed by atoms with van der Waals surface area (Å²) in [5.74, 6) is 0.274. The van der Waals surface area contributed by atoms with Gasteiger partial charge in [0.1, 0.15) is 20.7 Å². The Morgan fingerprint density at radius 3 is 2.67 bits per heavy atom. The van der Waals surface area contributed by atoms with Crippen LogP contribution in [-0.2, 0) is 0 Å². The summed E-state index contributed by atoms with van der Waals surface area (Å²) in [6, 6.07) is 1.39. The monoisotopic (exact) mass is 245 g/mol. The first kappa shape index (κ1) is 12.1. The van der Waals surface area contributed by atoms with Gasteiger partial charge < -0.3 is 14.4 Å². The summed E-state index contributed by atoms with van der Waals surface area (Å²) in [5, 5.41) is 9.54. The van der Waals surface area contributed by atoms with Crippen molar-refractivity contribution >= 4 is 28.3 Å². The molecule has 0 aliphatic heterocycles. The molecule has 0 atom stereocenters. The predicted molar refractivity (Wildman–Crippen MR) is 63.5 cm³/mol. The van der Waals surface area contributed by atoms with E-state index >= 15 is 0 Å². The van der Waals surface area contributed by atoms with E-state index in [0.29, 0.717) is 10.1 Å². The lowest BCUT2D eigenvalue weighted by Gasteiger charge is -2.12. The number of thioether (sulfide) groups is 1. The van der Waals surface area contributed by atoms with Gasteiger partial charge in [-0.25, -0.2) is 4.79 Å². The minimum Gasteiger partial charge on any atom is -0.506 e. The normalized spacial score (nSPS) is 10.1. The van der Waals surface area contributed by atoms with Gasteiger partial charge in [0.2, 0.25) is 0 Å². The molecule has 0 aliphatic carbocycles. The van der Waals surface area contributed by atoms with E-state index in [2.05, 4.69) is 0 Å². The quantitative estimate of drug-likeness (QED) is 0.599. The summed E-state index contributed by atoms with van der Waals surface area (Å²) < 4.78 is 5.34. The van der Waals surface area contributed by atoms with E-state index in [4.69, 9.17) is 16.6 Å². The second kappa shape index (κ2) is 4.67. The highest BCUT2D eigenvalue weighted by molar-refractivity contribution is 8.23. The molecule has 0 spiro atoms. The van der Waals surface area contributed by atoms with Gasteiger partial charge in [0.15, 0.2) is 0 Å². The Labute approximate surface area is 96.9 Å². The lowest BCUT2D eigenvalue weighted by atomic mass is 10.4. The maximum absolute atomic E-state index is 11.4. The molecule has 0 aliphatic rings. The van der Waals surface area contributed by atoms with Crippen LogP contribution in [0, 0.1) is 6.92 Å². The van der Waals surface area contributed by atoms with E-state index in [9.17, 15) is 9.90 Å². The van der Waals surface area contributed by atoms with Gasteiger partial charge in [-0.05, 0) is 18.7 Å². The number of aromatic hydroxyl groups is 1.